The van der Waals surface area contributed by atoms with E-state index < -0.39 is 0 Å². The van der Waals surface area contributed by atoms with Gasteiger partial charge in [-0.25, -0.2) is 0 Å². The molecule has 0 aromatic carbocycles. The number of rotatable bonds is 4. The Morgan fingerprint density at radius 1 is 1.71 bits per heavy atom. The van der Waals surface area contributed by atoms with Crippen LogP contribution in [-0.4, -0.2) is 49.3 Å². The van der Waals surface area contributed by atoms with E-state index in [1.54, 1.807) is 12.0 Å². The number of ether oxygens (including phenoxy) is 2. The van der Waals surface area contributed by atoms with Crippen molar-refractivity contribution >= 4 is 5.91 Å². The van der Waals surface area contributed by atoms with E-state index in [9.17, 15) is 4.79 Å². The SMILES string of the molecule is C=C(C)CN1C(=O)[C@H](OC)[C@@H]1[C@@H]1OCC=C1C. The van der Waals surface area contributed by atoms with E-state index in [1.165, 1.54) is 5.57 Å². The molecule has 0 aliphatic carbocycles. The van der Waals surface area contributed by atoms with Crippen molar-refractivity contribution in [1.29, 1.82) is 0 Å². The van der Waals surface area contributed by atoms with Crippen molar-refractivity contribution in [3.05, 3.63) is 23.8 Å². The Kier molecular flexibility index (Phi) is 3.35. The van der Waals surface area contributed by atoms with E-state index in [1.807, 2.05) is 13.8 Å². The fourth-order valence-corrected chi connectivity index (χ4v) is 2.47. The second-order valence-electron chi connectivity index (χ2n) is 4.77. The summed E-state index contributed by atoms with van der Waals surface area (Å²) in [6, 6.07) is -0.0112. The van der Waals surface area contributed by atoms with Crippen molar-refractivity contribution in [3.63, 3.8) is 0 Å². The molecule has 2 aliphatic heterocycles. The molecular formula is C13H19NO3. The molecule has 0 aromatic rings. The van der Waals surface area contributed by atoms with Gasteiger partial charge >= 0.3 is 0 Å². The fraction of sp³-hybridized carbons (Fsp3) is 0.615. The van der Waals surface area contributed by atoms with E-state index in [2.05, 4.69) is 12.7 Å². The van der Waals surface area contributed by atoms with Crippen LogP contribution >= 0.6 is 0 Å². The number of amides is 1. The summed E-state index contributed by atoms with van der Waals surface area (Å²) >= 11 is 0. The summed E-state index contributed by atoms with van der Waals surface area (Å²) in [4.78, 5) is 13.7. The predicted octanol–water partition coefficient (Wildman–Crippen LogP) is 1.13. The molecule has 0 radical (unpaired) electrons. The van der Waals surface area contributed by atoms with Crippen LogP contribution in [-0.2, 0) is 14.3 Å². The molecule has 4 heteroatoms. The van der Waals surface area contributed by atoms with Crippen LogP contribution in [0, 0.1) is 0 Å². The molecule has 3 atom stereocenters. The molecule has 4 nitrogen and oxygen atoms in total. The molecule has 0 N–H and O–H groups in total. The Morgan fingerprint density at radius 3 is 2.88 bits per heavy atom. The lowest BCUT2D eigenvalue weighted by molar-refractivity contribution is -0.178. The molecule has 1 amide bonds. The number of hydrogen-bond donors (Lipinski definition) is 0. The quantitative estimate of drug-likeness (QED) is 0.543. The van der Waals surface area contributed by atoms with Gasteiger partial charge in [0.25, 0.3) is 5.91 Å². The third kappa shape index (κ3) is 2.03. The zero-order valence-corrected chi connectivity index (χ0v) is 10.6. The molecule has 0 bridgehead atoms. The number of nitrogens with zero attached hydrogens (tertiary/aromatic N) is 1. The maximum Gasteiger partial charge on any atom is 0.254 e. The Morgan fingerprint density at radius 2 is 2.41 bits per heavy atom. The van der Waals surface area contributed by atoms with Gasteiger partial charge in [-0.15, -0.1) is 0 Å². The summed E-state index contributed by atoms with van der Waals surface area (Å²) < 4.78 is 10.9. The van der Waals surface area contributed by atoms with E-state index in [0.717, 1.165) is 5.57 Å². The van der Waals surface area contributed by atoms with Gasteiger partial charge in [0.15, 0.2) is 6.10 Å². The molecule has 2 rings (SSSR count). The zero-order valence-electron chi connectivity index (χ0n) is 10.6. The highest BCUT2D eigenvalue weighted by atomic mass is 16.5. The highest BCUT2D eigenvalue weighted by Gasteiger charge is 2.52. The van der Waals surface area contributed by atoms with Crippen LogP contribution < -0.4 is 0 Å². The van der Waals surface area contributed by atoms with Gasteiger partial charge in [0, 0.05) is 13.7 Å². The van der Waals surface area contributed by atoms with E-state index >= 15 is 0 Å². The first-order valence-corrected chi connectivity index (χ1v) is 5.82. The molecule has 0 aromatic heterocycles. The van der Waals surface area contributed by atoms with Crippen molar-refractivity contribution in [1.82, 2.24) is 4.90 Å². The molecule has 94 valence electrons. The molecule has 0 saturated carbocycles. The van der Waals surface area contributed by atoms with Gasteiger partial charge in [-0.2, -0.15) is 0 Å². The van der Waals surface area contributed by atoms with Crippen LogP contribution in [0.2, 0.25) is 0 Å². The third-order valence-electron chi connectivity index (χ3n) is 3.33. The first-order chi connectivity index (χ1) is 8.06. The molecule has 17 heavy (non-hydrogen) atoms. The zero-order chi connectivity index (χ0) is 12.6. The number of carbonyl (C=O) groups excluding carboxylic acids is 1. The summed E-state index contributed by atoms with van der Waals surface area (Å²) in [7, 11) is 1.57. The van der Waals surface area contributed by atoms with Gasteiger partial charge in [0.2, 0.25) is 0 Å². The lowest BCUT2D eigenvalue weighted by Gasteiger charge is -2.49. The van der Waals surface area contributed by atoms with Crippen LogP contribution in [0.4, 0.5) is 0 Å². The van der Waals surface area contributed by atoms with Gasteiger partial charge < -0.3 is 14.4 Å². The van der Waals surface area contributed by atoms with Crippen molar-refractivity contribution in [2.75, 3.05) is 20.3 Å². The van der Waals surface area contributed by atoms with E-state index in [4.69, 9.17) is 9.47 Å². The summed E-state index contributed by atoms with van der Waals surface area (Å²) in [5, 5.41) is 0. The van der Waals surface area contributed by atoms with Crippen molar-refractivity contribution < 1.29 is 14.3 Å². The average molecular weight is 237 g/mol. The number of carbonyl (C=O) groups is 1. The maximum atomic E-state index is 11.9. The van der Waals surface area contributed by atoms with E-state index in [0.29, 0.717) is 13.2 Å². The van der Waals surface area contributed by atoms with Gasteiger partial charge in [-0.1, -0.05) is 18.2 Å². The van der Waals surface area contributed by atoms with Gasteiger partial charge in [-0.05, 0) is 19.4 Å². The second kappa shape index (κ2) is 4.63. The molecule has 0 spiro atoms. The molecule has 2 aliphatic rings. The Bertz CT molecular complexity index is 375. The van der Waals surface area contributed by atoms with Crippen molar-refractivity contribution in [3.8, 4) is 0 Å². The largest absolute Gasteiger partial charge is 0.369 e. The lowest BCUT2D eigenvalue weighted by Crippen LogP contribution is -2.69. The standard InChI is InChI=1S/C13H19NO3/c1-8(2)7-14-10(12(16-4)13(14)15)11-9(3)5-6-17-11/h5,10-12H,1,6-7H2,2-4H3/t10-,11+,12+/m0/s1. The van der Waals surface area contributed by atoms with Crippen molar-refractivity contribution in [2.24, 2.45) is 0 Å². The second-order valence-corrected chi connectivity index (χ2v) is 4.77. The molecule has 0 unspecified atom stereocenters. The molecular weight excluding hydrogens is 218 g/mol. The lowest BCUT2D eigenvalue weighted by atomic mass is 9.89. The Hall–Kier alpha value is -1.13. The van der Waals surface area contributed by atoms with Crippen LogP contribution in [0.15, 0.2) is 23.8 Å². The maximum absolute atomic E-state index is 11.9. The summed E-state index contributed by atoms with van der Waals surface area (Å²) in [6.45, 7) is 9.01. The molecule has 2 heterocycles. The van der Waals surface area contributed by atoms with Gasteiger partial charge in [0.1, 0.15) is 6.10 Å². The minimum absolute atomic E-state index is 0.0112. The first-order valence-electron chi connectivity index (χ1n) is 5.82. The minimum atomic E-state index is -0.374. The van der Waals surface area contributed by atoms with E-state index in [-0.39, 0.29) is 24.2 Å². The van der Waals surface area contributed by atoms with Crippen LogP contribution in [0.5, 0.6) is 0 Å². The highest BCUT2D eigenvalue weighted by molar-refractivity contribution is 5.89. The topological polar surface area (TPSA) is 38.8 Å². The predicted molar refractivity (Wildman–Crippen MR) is 64.6 cm³/mol. The van der Waals surface area contributed by atoms with Gasteiger partial charge in [0.05, 0.1) is 12.6 Å². The molecule has 1 saturated heterocycles. The normalized spacial score (nSPS) is 32.4. The first kappa shape index (κ1) is 12.3. The van der Waals surface area contributed by atoms with Crippen LogP contribution in [0.3, 0.4) is 0 Å². The summed E-state index contributed by atoms with van der Waals surface area (Å²) in [5.41, 5.74) is 2.15. The highest BCUT2D eigenvalue weighted by Crippen LogP contribution is 2.32. The summed E-state index contributed by atoms with van der Waals surface area (Å²) in [6.07, 6.45) is 1.65. The third-order valence-corrected chi connectivity index (χ3v) is 3.33. The number of likely N-dealkylation sites (tertiary alicyclic amines) is 1. The smallest absolute Gasteiger partial charge is 0.254 e. The number of β-lactam (4-membered cyclic amide) rings is 1. The Balaban J connectivity index is 2.13. The average Bonchev–Trinajstić information content (AvgIpc) is 2.68. The fourth-order valence-electron chi connectivity index (χ4n) is 2.47. The van der Waals surface area contributed by atoms with Crippen LogP contribution in [0.1, 0.15) is 13.8 Å². The minimum Gasteiger partial charge on any atom is -0.369 e. The van der Waals surface area contributed by atoms with Crippen molar-refractivity contribution in [2.45, 2.75) is 32.1 Å². The van der Waals surface area contributed by atoms with Crippen LogP contribution in [0.25, 0.3) is 0 Å². The Labute approximate surface area is 102 Å². The number of hydrogen-bond acceptors (Lipinski definition) is 3. The van der Waals surface area contributed by atoms with Gasteiger partial charge in [-0.3, -0.25) is 4.79 Å². The number of methoxy groups -OCH3 is 1. The summed E-state index contributed by atoms with van der Waals surface area (Å²) in [5.74, 6) is 0.0313. The monoisotopic (exact) mass is 237 g/mol. The molecule has 1 fully saturated rings.